The van der Waals surface area contributed by atoms with E-state index in [1.807, 2.05) is 7.05 Å². The summed E-state index contributed by atoms with van der Waals surface area (Å²) in [4.78, 5) is 14.2. The zero-order chi connectivity index (χ0) is 13.8. The third-order valence-electron chi connectivity index (χ3n) is 4.09. The van der Waals surface area contributed by atoms with Gasteiger partial charge in [0.15, 0.2) is 0 Å². The van der Waals surface area contributed by atoms with Gasteiger partial charge in [-0.05, 0) is 39.7 Å². The molecule has 0 aliphatic carbocycles. The first kappa shape index (κ1) is 15.4. The smallest absolute Gasteiger partial charge is 0.234 e. The van der Waals surface area contributed by atoms with Crippen LogP contribution in [0.1, 0.15) is 40.5 Å². The molecule has 4 nitrogen and oxygen atoms in total. The van der Waals surface area contributed by atoms with Crippen LogP contribution in [0.25, 0.3) is 0 Å². The van der Waals surface area contributed by atoms with E-state index >= 15 is 0 Å². The molecule has 1 aliphatic rings. The van der Waals surface area contributed by atoms with Crippen molar-refractivity contribution in [1.82, 2.24) is 15.5 Å². The van der Waals surface area contributed by atoms with Crippen LogP contribution >= 0.6 is 0 Å². The Morgan fingerprint density at radius 2 is 2.11 bits per heavy atom. The molecule has 1 saturated heterocycles. The van der Waals surface area contributed by atoms with E-state index in [0.29, 0.717) is 18.5 Å². The fraction of sp³-hybridized carbons (Fsp3) is 0.929. The van der Waals surface area contributed by atoms with Crippen LogP contribution in [0.2, 0.25) is 0 Å². The van der Waals surface area contributed by atoms with Crippen molar-refractivity contribution in [1.29, 1.82) is 0 Å². The third-order valence-corrected chi connectivity index (χ3v) is 4.09. The van der Waals surface area contributed by atoms with Gasteiger partial charge in [-0.1, -0.05) is 13.8 Å². The maximum absolute atomic E-state index is 12.0. The molecular formula is C14H29N3O. The lowest BCUT2D eigenvalue weighted by Crippen LogP contribution is -2.52. The Morgan fingerprint density at radius 1 is 1.44 bits per heavy atom. The van der Waals surface area contributed by atoms with E-state index < -0.39 is 0 Å². The van der Waals surface area contributed by atoms with Gasteiger partial charge in [-0.2, -0.15) is 0 Å². The molecule has 2 unspecified atom stereocenters. The molecule has 18 heavy (non-hydrogen) atoms. The molecule has 1 rings (SSSR count). The summed E-state index contributed by atoms with van der Waals surface area (Å²) in [7, 11) is 2.02. The standard InChI is InChI=1S/C14H29N3O/c1-6-14(3,4)16-13(18)10-17-8-7-12(15-5)11(2)9-17/h11-12,15H,6-10H2,1-5H3,(H,16,18). The Hall–Kier alpha value is -0.610. The van der Waals surface area contributed by atoms with Gasteiger partial charge >= 0.3 is 0 Å². The summed E-state index contributed by atoms with van der Waals surface area (Å²) in [6.07, 6.45) is 2.08. The SMILES string of the molecule is CCC(C)(C)NC(=O)CN1CCC(NC)C(C)C1. The van der Waals surface area contributed by atoms with Gasteiger partial charge in [0, 0.05) is 24.7 Å². The zero-order valence-electron chi connectivity index (χ0n) is 12.5. The van der Waals surface area contributed by atoms with E-state index in [2.05, 4.69) is 43.2 Å². The molecule has 0 radical (unpaired) electrons. The lowest BCUT2D eigenvalue weighted by Gasteiger charge is -2.37. The summed E-state index contributed by atoms with van der Waals surface area (Å²) < 4.78 is 0. The summed E-state index contributed by atoms with van der Waals surface area (Å²) in [6.45, 7) is 11.0. The average Bonchev–Trinajstić information content (AvgIpc) is 2.28. The van der Waals surface area contributed by atoms with Crippen molar-refractivity contribution in [3.8, 4) is 0 Å². The normalized spacial score (nSPS) is 26.1. The second-order valence-electron chi connectivity index (χ2n) is 6.18. The molecule has 0 spiro atoms. The number of carbonyl (C=O) groups is 1. The van der Waals surface area contributed by atoms with E-state index in [4.69, 9.17) is 0 Å². The monoisotopic (exact) mass is 255 g/mol. The first-order valence-electron chi connectivity index (χ1n) is 7.08. The summed E-state index contributed by atoms with van der Waals surface area (Å²) in [5, 5.41) is 6.44. The first-order valence-corrected chi connectivity index (χ1v) is 7.08. The number of nitrogens with zero attached hydrogens (tertiary/aromatic N) is 1. The molecule has 4 heteroatoms. The van der Waals surface area contributed by atoms with E-state index in [9.17, 15) is 4.79 Å². The zero-order valence-corrected chi connectivity index (χ0v) is 12.5. The maximum atomic E-state index is 12.0. The molecule has 0 aromatic rings. The topological polar surface area (TPSA) is 44.4 Å². The Bertz CT molecular complexity index is 278. The van der Waals surface area contributed by atoms with Gasteiger partial charge < -0.3 is 10.6 Å². The van der Waals surface area contributed by atoms with Gasteiger partial charge in [-0.25, -0.2) is 0 Å². The minimum atomic E-state index is -0.0913. The Kier molecular flexibility index (Phi) is 5.60. The quantitative estimate of drug-likeness (QED) is 0.776. The Morgan fingerprint density at radius 3 is 2.61 bits per heavy atom. The molecule has 0 aromatic carbocycles. The van der Waals surface area contributed by atoms with Crippen LogP contribution in [0.5, 0.6) is 0 Å². The highest BCUT2D eigenvalue weighted by Gasteiger charge is 2.26. The molecule has 0 saturated carbocycles. The largest absolute Gasteiger partial charge is 0.350 e. The lowest BCUT2D eigenvalue weighted by molar-refractivity contribution is -0.124. The molecule has 0 bridgehead atoms. The third kappa shape index (κ3) is 4.58. The van der Waals surface area contributed by atoms with Crippen LogP contribution in [-0.4, -0.2) is 49.1 Å². The van der Waals surface area contributed by atoms with Crippen LogP contribution in [0.15, 0.2) is 0 Å². The summed E-state index contributed by atoms with van der Waals surface area (Å²) in [6, 6.07) is 0.594. The molecule has 1 heterocycles. The molecule has 106 valence electrons. The van der Waals surface area contributed by atoms with Crippen molar-refractivity contribution in [2.45, 2.75) is 52.1 Å². The van der Waals surface area contributed by atoms with Gasteiger partial charge in [0.2, 0.25) is 5.91 Å². The maximum Gasteiger partial charge on any atom is 0.234 e. The number of carbonyl (C=O) groups excluding carboxylic acids is 1. The fourth-order valence-corrected chi connectivity index (χ4v) is 2.51. The minimum Gasteiger partial charge on any atom is -0.350 e. The fourth-order valence-electron chi connectivity index (χ4n) is 2.51. The second-order valence-corrected chi connectivity index (χ2v) is 6.18. The van der Waals surface area contributed by atoms with Gasteiger partial charge in [0.1, 0.15) is 0 Å². The number of hydrogen-bond acceptors (Lipinski definition) is 3. The predicted molar refractivity (Wildman–Crippen MR) is 75.6 cm³/mol. The molecular weight excluding hydrogens is 226 g/mol. The van der Waals surface area contributed by atoms with Crippen molar-refractivity contribution in [3.63, 3.8) is 0 Å². The number of rotatable bonds is 5. The molecule has 2 N–H and O–H groups in total. The van der Waals surface area contributed by atoms with E-state index in [1.165, 1.54) is 0 Å². The molecule has 1 fully saturated rings. The molecule has 0 aromatic heterocycles. The second kappa shape index (κ2) is 6.53. The number of amides is 1. The van der Waals surface area contributed by atoms with E-state index in [0.717, 1.165) is 25.9 Å². The molecule has 1 aliphatic heterocycles. The van der Waals surface area contributed by atoms with Gasteiger partial charge in [-0.15, -0.1) is 0 Å². The molecule has 1 amide bonds. The number of hydrogen-bond donors (Lipinski definition) is 2. The molecule has 2 atom stereocenters. The van der Waals surface area contributed by atoms with Gasteiger partial charge in [0.25, 0.3) is 0 Å². The van der Waals surface area contributed by atoms with Crippen LogP contribution in [0.4, 0.5) is 0 Å². The number of nitrogens with one attached hydrogen (secondary N) is 2. The highest BCUT2D eigenvalue weighted by molar-refractivity contribution is 5.78. The first-order chi connectivity index (χ1) is 8.38. The average molecular weight is 255 g/mol. The predicted octanol–water partition coefficient (Wildman–Crippen LogP) is 1.22. The van der Waals surface area contributed by atoms with Gasteiger partial charge in [0.05, 0.1) is 6.54 Å². The van der Waals surface area contributed by atoms with Crippen molar-refractivity contribution < 1.29 is 4.79 Å². The van der Waals surface area contributed by atoms with Crippen LogP contribution in [0.3, 0.4) is 0 Å². The number of piperidine rings is 1. The van der Waals surface area contributed by atoms with Crippen LogP contribution in [0, 0.1) is 5.92 Å². The lowest BCUT2D eigenvalue weighted by atomic mass is 9.94. The van der Waals surface area contributed by atoms with Crippen LogP contribution in [-0.2, 0) is 4.79 Å². The highest BCUT2D eigenvalue weighted by Crippen LogP contribution is 2.16. The number of likely N-dealkylation sites (tertiary alicyclic amines) is 1. The minimum absolute atomic E-state index is 0.0913. The summed E-state index contributed by atoms with van der Waals surface area (Å²) in [5.41, 5.74) is -0.0913. The summed E-state index contributed by atoms with van der Waals surface area (Å²) >= 11 is 0. The van der Waals surface area contributed by atoms with Crippen molar-refractivity contribution in [2.75, 3.05) is 26.7 Å². The Balaban J connectivity index is 2.38. The van der Waals surface area contributed by atoms with Crippen molar-refractivity contribution in [2.24, 2.45) is 5.92 Å². The Labute approximate surface area is 111 Å². The van der Waals surface area contributed by atoms with Gasteiger partial charge in [-0.3, -0.25) is 9.69 Å². The summed E-state index contributed by atoms with van der Waals surface area (Å²) in [5.74, 6) is 0.757. The van der Waals surface area contributed by atoms with E-state index in [-0.39, 0.29) is 11.4 Å². The van der Waals surface area contributed by atoms with Crippen molar-refractivity contribution >= 4 is 5.91 Å². The highest BCUT2D eigenvalue weighted by atomic mass is 16.2. The van der Waals surface area contributed by atoms with Crippen molar-refractivity contribution in [3.05, 3.63) is 0 Å². The van der Waals surface area contributed by atoms with Crippen LogP contribution < -0.4 is 10.6 Å². The van der Waals surface area contributed by atoms with E-state index in [1.54, 1.807) is 0 Å².